The standard InChI is InChI=1S/C18H20N6O2/c1-11(18(25)20-15-8-14(22-23-15)12-6-7-12)13-9-19-24(10-13)16-4-3-5-17(21-16)26-2/h3-5,8-12H,6-7H2,1-2H3,(H2,20,22,23,25). The van der Waals surface area contributed by atoms with E-state index in [1.165, 1.54) is 12.8 Å². The van der Waals surface area contributed by atoms with Gasteiger partial charge in [0.2, 0.25) is 11.8 Å². The molecule has 1 fully saturated rings. The molecule has 3 aromatic rings. The zero-order chi connectivity index (χ0) is 18.1. The molecule has 1 saturated carbocycles. The second-order valence-corrected chi connectivity index (χ2v) is 6.45. The molecule has 0 bridgehead atoms. The third-order valence-electron chi connectivity index (χ3n) is 4.51. The van der Waals surface area contributed by atoms with E-state index in [0.29, 0.717) is 23.4 Å². The van der Waals surface area contributed by atoms with Gasteiger partial charge in [0, 0.05) is 35.5 Å². The molecule has 0 aromatic carbocycles. The zero-order valence-corrected chi connectivity index (χ0v) is 14.6. The number of carbonyl (C=O) groups excluding carboxylic acids is 1. The number of H-pyrrole nitrogens is 1. The van der Waals surface area contributed by atoms with Crippen molar-refractivity contribution in [3.05, 3.63) is 47.9 Å². The number of hydrogen-bond donors (Lipinski definition) is 2. The van der Waals surface area contributed by atoms with Gasteiger partial charge in [-0.1, -0.05) is 6.07 Å². The number of carbonyl (C=O) groups is 1. The first-order valence-corrected chi connectivity index (χ1v) is 8.56. The number of amides is 1. The van der Waals surface area contributed by atoms with Crippen molar-refractivity contribution in [2.24, 2.45) is 0 Å². The summed E-state index contributed by atoms with van der Waals surface area (Å²) in [5, 5.41) is 14.3. The van der Waals surface area contributed by atoms with Gasteiger partial charge in [0.25, 0.3) is 0 Å². The summed E-state index contributed by atoms with van der Waals surface area (Å²) < 4.78 is 6.76. The maximum atomic E-state index is 12.5. The van der Waals surface area contributed by atoms with Crippen LogP contribution in [0.2, 0.25) is 0 Å². The van der Waals surface area contributed by atoms with Crippen LogP contribution in [0.1, 0.15) is 42.9 Å². The minimum absolute atomic E-state index is 0.128. The predicted molar refractivity (Wildman–Crippen MR) is 95.5 cm³/mol. The summed E-state index contributed by atoms with van der Waals surface area (Å²) >= 11 is 0. The predicted octanol–water partition coefficient (Wildman–Crippen LogP) is 2.62. The SMILES string of the molecule is COc1cccc(-n2cc(C(C)C(=O)Nc3cc(C4CC4)[nH]n3)cn2)n1. The van der Waals surface area contributed by atoms with Gasteiger partial charge in [-0.3, -0.25) is 9.89 Å². The Morgan fingerprint density at radius 3 is 3.04 bits per heavy atom. The highest BCUT2D eigenvalue weighted by atomic mass is 16.5. The molecule has 4 rings (SSSR count). The Morgan fingerprint density at radius 2 is 2.27 bits per heavy atom. The van der Waals surface area contributed by atoms with Crippen molar-refractivity contribution in [3.63, 3.8) is 0 Å². The van der Waals surface area contributed by atoms with Gasteiger partial charge < -0.3 is 10.1 Å². The van der Waals surface area contributed by atoms with E-state index in [0.717, 1.165) is 11.3 Å². The van der Waals surface area contributed by atoms with E-state index in [2.05, 4.69) is 25.6 Å². The monoisotopic (exact) mass is 352 g/mol. The largest absolute Gasteiger partial charge is 0.481 e. The molecule has 0 spiro atoms. The van der Waals surface area contributed by atoms with Crippen molar-refractivity contribution in [1.82, 2.24) is 25.0 Å². The molecule has 26 heavy (non-hydrogen) atoms. The van der Waals surface area contributed by atoms with Crippen LogP contribution in [0, 0.1) is 0 Å². The molecular formula is C18H20N6O2. The summed E-state index contributed by atoms with van der Waals surface area (Å²) in [5.41, 5.74) is 1.88. The van der Waals surface area contributed by atoms with Gasteiger partial charge in [-0.25, -0.2) is 4.68 Å². The maximum Gasteiger partial charge on any atom is 0.232 e. The molecule has 0 radical (unpaired) electrons. The van der Waals surface area contributed by atoms with Crippen molar-refractivity contribution >= 4 is 11.7 Å². The number of rotatable bonds is 6. The molecule has 0 aliphatic heterocycles. The quantitative estimate of drug-likeness (QED) is 0.711. The molecule has 0 saturated heterocycles. The molecule has 3 aromatic heterocycles. The van der Waals surface area contributed by atoms with Gasteiger partial charge in [-0.2, -0.15) is 15.2 Å². The van der Waals surface area contributed by atoms with E-state index >= 15 is 0 Å². The van der Waals surface area contributed by atoms with Crippen LogP contribution in [0.4, 0.5) is 5.82 Å². The third kappa shape index (κ3) is 3.30. The summed E-state index contributed by atoms with van der Waals surface area (Å²) in [7, 11) is 1.57. The van der Waals surface area contributed by atoms with E-state index in [1.54, 1.807) is 30.3 Å². The highest BCUT2D eigenvalue weighted by Crippen LogP contribution is 2.39. The number of hydrogen-bond acceptors (Lipinski definition) is 5. The minimum Gasteiger partial charge on any atom is -0.481 e. The van der Waals surface area contributed by atoms with Crippen LogP contribution in [-0.2, 0) is 4.79 Å². The Bertz CT molecular complexity index is 927. The van der Waals surface area contributed by atoms with Gasteiger partial charge in [0.05, 0.1) is 19.2 Å². The Hall–Kier alpha value is -3.16. The van der Waals surface area contributed by atoms with Gasteiger partial charge in [0.15, 0.2) is 11.6 Å². The summed E-state index contributed by atoms with van der Waals surface area (Å²) in [6.07, 6.45) is 5.84. The van der Waals surface area contributed by atoms with Gasteiger partial charge in [-0.05, 0) is 25.8 Å². The molecule has 2 N–H and O–H groups in total. The molecular weight excluding hydrogens is 332 g/mol. The molecule has 1 aliphatic rings. The van der Waals surface area contributed by atoms with E-state index in [9.17, 15) is 4.79 Å². The fourth-order valence-corrected chi connectivity index (χ4v) is 2.72. The number of anilines is 1. The molecule has 8 heteroatoms. The summed E-state index contributed by atoms with van der Waals surface area (Å²) in [6.45, 7) is 1.84. The average molecular weight is 352 g/mol. The van der Waals surface area contributed by atoms with Crippen LogP contribution >= 0.6 is 0 Å². The fraction of sp³-hybridized carbons (Fsp3) is 0.333. The fourth-order valence-electron chi connectivity index (χ4n) is 2.72. The van der Waals surface area contributed by atoms with Crippen molar-refractivity contribution < 1.29 is 9.53 Å². The van der Waals surface area contributed by atoms with E-state index in [4.69, 9.17) is 4.74 Å². The second-order valence-electron chi connectivity index (χ2n) is 6.45. The van der Waals surface area contributed by atoms with Crippen LogP contribution < -0.4 is 10.1 Å². The number of aromatic amines is 1. The van der Waals surface area contributed by atoms with Crippen molar-refractivity contribution in [3.8, 4) is 11.7 Å². The minimum atomic E-state index is -0.365. The normalized spacial score (nSPS) is 14.8. The third-order valence-corrected chi connectivity index (χ3v) is 4.51. The van der Waals surface area contributed by atoms with E-state index in [1.807, 2.05) is 25.1 Å². The lowest BCUT2D eigenvalue weighted by atomic mass is 10.0. The lowest BCUT2D eigenvalue weighted by Crippen LogP contribution is -2.18. The van der Waals surface area contributed by atoms with Crippen LogP contribution in [0.15, 0.2) is 36.7 Å². The summed E-state index contributed by atoms with van der Waals surface area (Å²) in [6, 6.07) is 7.34. The van der Waals surface area contributed by atoms with Crippen LogP contribution in [0.3, 0.4) is 0 Å². The van der Waals surface area contributed by atoms with Crippen molar-refractivity contribution in [2.45, 2.75) is 31.6 Å². The molecule has 1 atom stereocenters. The molecule has 1 unspecified atom stereocenters. The van der Waals surface area contributed by atoms with Crippen LogP contribution in [0.25, 0.3) is 5.82 Å². The molecule has 1 amide bonds. The van der Waals surface area contributed by atoms with Gasteiger partial charge in [0.1, 0.15) is 0 Å². The number of pyridine rings is 1. The summed E-state index contributed by atoms with van der Waals surface area (Å²) in [5.74, 6) is 1.78. The average Bonchev–Trinajstić information content (AvgIpc) is 3.21. The number of ether oxygens (including phenoxy) is 1. The maximum absolute atomic E-state index is 12.5. The number of aromatic nitrogens is 5. The first-order chi connectivity index (χ1) is 12.6. The Kier molecular flexibility index (Phi) is 4.16. The summed E-state index contributed by atoms with van der Waals surface area (Å²) in [4.78, 5) is 16.9. The number of nitrogens with one attached hydrogen (secondary N) is 2. The van der Waals surface area contributed by atoms with E-state index < -0.39 is 0 Å². The lowest BCUT2D eigenvalue weighted by Gasteiger charge is -2.08. The first kappa shape index (κ1) is 16.3. The molecule has 1 aliphatic carbocycles. The first-order valence-electron chi connectivity index (χ1n) is 8.56. The smallest absolute Gasteiger partial charge is 0.232 e. The molecule has 8 nitrogen and oxygen atoms in total. The zero-order valence-electron chi connectivity index (χ0n) is 14.6. The van der Waals surface area contributed by atoms with Gasteiger partial charge in [-0.15, -0.1) is 0 Å². The van der Waals surface area contributed by atoms with Crippen molar-refractivity contribution in [1.29, 1.82) is 0 Å². The van der Waals surface area contributed by atoms with Crippen molar-refractivity contribution in [2.75, 3.05) is 12.4 Å². The highest BCUT2D eigenvalue weighted by molar-refractivity contribution is 5.94. The Balaban J connectivity index is 1.46. The van der Waals surface area contributed by atoms with E-state index in [-0.39, 0.29) is 11.8 Å². The number of methoxy groups -OCH3 is 1. The van der Waals surface area contributed by atoms with Crippen LogP contribution in [0.5, 0.6) is 5.88 Å². The molecule has 134 valence electrons. The lowest BCUT2D eigenvalue weighted by molar-refractivity contribution is -0.117. The van der Waals surface area contributed by atoms with Gasteiger partial charge >= 0.3 is 0 Å². The highest BCUT2D eigenvalue weighted by Gasteiger charge is 2.26. The topological polar surface area (TPSA) is 97.7 Å². The second kappa shape index (κ2) is 6.62. The Labute approximate surface area is 150 Å². The molecule has 3 heterocycles. The number of nitrogens with zero attached hydrogens (tertiary/aromatic N) is 4. The Morgan fingerprint density at radius 1 is 1.42 bits per heavy atom. The van der Waals surface area contributed by atoms with Crippen LogP contribution in [-0.4, -0.2) is 38.0 Å².